The molecule has 2 N–H and O–H groups in total. The molecular weight excluding hydrogens is 430 g/mol. The number of benzene rings is 1. The molecule has 2 heterocycles. The Labute approximate surface area is 178 Å². The highest BCUT2D eigenvalue weighted by molar-refractivity contribution is 7.90. The third kappa shape index (κ3) is 5.63. The highest BCUT2D eigenvalue weighted by Gasteiger charge is 2.16. The van der Waals surface area contributed by atoms with Gasteiger partial charge in [-0.1, -0.05) is 6.07 Å². The Hall–Kier alpha value is -2.89. The van der Waals surface area contributed by atoms with E-state index in [1.807, 2.05) is 4.90 Å². The number of rotatable bonds is 8. The molecule has 0 bridgehead atoms. The summed E-state index contributed by atoms with van der Waals surface area (Å²) in [6, 6.07) is 4.84. The fourth-order valence-corrected chi connectivity index (χ4v) is 3.87. The topological polar surface area (TPSA) is 105 Å². The van der Waals surface area contributed by atoms with Crippen molar-refractivity contribution < 1.29 is 27.2 Å². The standard InChI is InChI=1S/C20H22F2N4O4S/c1-25(5-6-31(2,29)30)10-14-12-26(11-13-3-4-15(21)7-17(13)22)19-9-23-18(8-16(14)19)20(27)24-28/h3-4,7-9,12,28H,5-6,10-11H2,1-2H3,(H,24,27). The van der Waals surface area contributed by atoms with Crippen LogP contribution in [0.3, 0.4) is 0 Å². The molecule has 0 unspecified atom stereocenters. The highest BCUT2D eigenvalue weighted by Crippen LogP contribution is 2.25. The van der Waals surface area contributed by atoms with E-state index in [4.69, 9.17) is 5.21 Å². The average Bonchev–Trinajstić information content (AvgIpc) is 3.04. The Morgan fingerprint density at radius 1 is 1.26 bits per heavy atom. The van der Waals surface area contributed by atoms with E-state index in [1.54, 1.807) is 17.8 Å². The van der Waals surface area contributed by atoms with Crippen molar-refractivity contribution in [1.29, 1.82) is 0 Å². The van der Waals surface area contributed by atoms with Gasteiger partial charge in [0.2, 0.25) is 0 Å². The Bertz CT molecular complexity index is 1230. The van der Waals surface area contributed by atoms with E-state index in [-0.39, 0.29) is 23.6 Å². The van der Waals surface area contributed by atoms with Crippen molar-refractivity contribution in [3.05, 3.63) is 65.1 Å². The summed E-state index contributed by atoms with van der Waals surface area (Å²) in [5.74, 6) is -2.15. The number of hydrogen-bond acceptors (Lipinski definition) is 6. The summed E-state index contributed by atoms with van der Waals surface area (Å²) in [4.78, 5) is 17.6. The lowest BCUT2D eigenvalue weighted by Gasteiger charge is -2.15. The predicted octanol–water partition coefficient (Wildman–Crippen LogP) is 1.96. The van der Waals surface area contributed by atoms with Crippen LogP contribution in [0.1, 0.15) is 21.6 Å². The zero-order valence-electron chi connectivity index (χ0n) is 17.0. The minimum atomic E-state index is -3.13. The number of pyridine rings is 1. The van der Waals surface area contributed by atoms with Crippen molar-refractivity contribution in [2.75, 3.05) is 25.6 Å². The molecule has 3 aromatic rings. The van der Waals surface area contributed by atoms with Crippen molar-refractivity contribution in [2.45, 2.75) is 13.1 Å². The molecule has 0 aliphatic heterocycles. The van der Waals surface area contributed by atoms with Gasteiger partial charge in [-0.3, -0.25) is 10.0 Å². The summed E-state index contributed by atoms with van der Waals surface area (Å²) in [7, 11) is -1.37. The molecule has 0 fully saturated rings. The smallest absolute Gasteiger partial charge is 0.293 e. The normalized spacial score (nSPS) is 11.9. The second kappa shape index (κ2) is 9.08. The minimum Gasteiger partial charge on any atom is -0.341 e. The van der Waals surface area contributed by atoms with E-state index in [1.165, 1.54) is 29.9 Å². The molecule has 31 heavy (non-hydrogen) atoms. The Morgan fingerprint density at radius 3 is 2.65 bits per heavy atom. The first-order chi connectivity index (χ1) is 14.6. The van der Waals surface area contributed by atoms with Gasteiger partial charge in [0.1, 0.15) is 27.2 Å². The Morgan fingerprint density at radius 2 is 2.00 bits per heavy atom. The summed E-state index contributed by atoms with van der Waals surface area (Å²) in [6.45, 7) is 0.755. The third-order valence-electron chi connectivity index (χ3n) is 4.82. The molecule has 2 aromatic heterocycles. The molecule has 0 spiro atoms. The van der Waals surface area contributed by atoms with Gasteiger partial charge in [-0.15, -0.1) is 0 Å². The first-order valence-electron chi connectivity index (χ1n) is 9.30. The minimum absolute atomic E-state index is 0.0113. The number of nitrogens with one attached hydrogen (secondary N) is 1. The van der Waals surface area contributed by atoms with Crippen molar-refractivity contribution >= 4 is 26.6 Å². The molecule has 3 rings (SSSR count). The Balaban J connectivity index is 1.99. The number of carbonyl (C=O) groups excluding carboxylic acids is 1. The first kappa shape index (κ1) is 22.8. The van der Waals surface area contributed by atoms with Crippen molar-refractivity contribution in [3.8, 4) is 0 Å². The quantitative estimate of drug-likeness (QED) is 0.400. The van der Waals surface area contributed by atoms with Gasteiger partial charge >= 0.3 is 0 Å². The molecule has 0 saturated heterocycles. The van der Waals surface area contributed by atoms with Gasteiger partial charge in [0, 0.05) is 42.6 Å². The number of carbonyl (C=O) groups is 1. The number of fused-ring (bicyclic) bond motifs is 1. The summed E-state index contributed by atoms with van der Waals surface area (Å²) < 4.78 is 52.0. The molecular formula is C20H22F2N4O4S. The number of aromatic nitrogens is 2. The number of nitrogens with zero attached hydrogens (tertiary/aromatic N) is 3. The monoisotopic (exact) mass is 452 g/mol. The number of amides is 1. The van der Waals surface area contributed by atoms with Crippen molar-refractivity contribution in [2.24, 2.45) is 0 Å². The average molecular weight is 452 g/mol. The number of hydrogen-bond donors (Lipinski definition) is 2. The SMILES string of the molecule is CN(CCS(C)(=O)=O)Cc1cn(Cc2ccc(F)cc2F)c2cnc(C(=O)NO)cc12. The molecule has 1 amide bonds. The number of sulfone groups is 1. The van der Waals surface area contributed by atoms with Gasteiger partial charge < -0.3 is 9.47 Å². The molecule has 0 atom stereocenters. The van der Waals surface area contributed by atoms with Crippen LogP contribution in [0, 0.1) is 11.6 Å². The molecule has 166 valence electrons. The van der Waals surface area contributed by atoms with Crippen LogP contribution in [-0.4, -0.2) is 59.6 Å². The third-order valence-corrected chi connectivity index (χ3v) is 5.75. The lowest BCUT2D eigenvalue weighted by Crippen LogP contribution is -2.24. The van der Waals surface area contributed by atoms with Crippen LogP contribution >= 0.6 is 0 Å². The first-order valence-corrected chi connectivity index (χ1v) is 11.4. The maximum atomic E-state index is 14.2. The van der Waals surface area contributed by atoms with E-state index >= 15 is 0 Å². The van der Waals surface area contributed by atoms with Gasteiger partial charge in [0.15, 0.2) is 0 Å². The van der Waals surface area contributed by atoms with Gasteiger partial charge in [-0.2, -0.15) is 0 Å². The molecule has 0 aliphatic rings. The molecule has 0 radical (unpaired) electrons. The fraction of sp³-hybridized carbons (Fsp3) is 0.300. The Kier molecular flexibility index (Phi) is 6.68. The number of halogens is 2. The molecule has 0 saturated carbocycles. The second-order valence-corrected chi connectivity index (χ2v) is 9.67. The molecule has 0 aliphatic carbocycles. The van der Waals surface area contributed by atoms with Crippen LogP contribution in [0.2, 0.25) is 0 Å². The van der Waals surface area contributed by atoms with Gasteiger partial charge in [-0.25, -0.2) is 27.7 Å². The zero-order chi connectivity index (χ0) is 22.8. The fourth-order valence-electron chi connectivity index (χ4n) is 3.22. The van der Waals surface area contributed by atoms with Crippen LogP contribution < -0.4 is 5.48 Å². The van der Waals surface area contributed by atoms with Gasteiger partial charge in [-0.05, 0) is 24.7 Å². The lowest BCUT2D eigenvalue weighted by molar-refractivity contribution is 0.0701. The van der Waals surface area contributed by atoms with E-state index < -0.39 is 27.4 Å². The van der Waals surface area contributed by atoms with Gasteiger partial charge in [0.05, 0.1) is 24.0 Å². The van der Waals surface area contributed by atoms with Crippen LogP contribution in [0.5, 0.6) is 0 Å². The van der Waals surface area contributed by atoms with Crippen LogP contribution in [0.4, 0.5) is 8.78 Å². The summed E-state index contributed by atoms with van der Waals surface area (Å²) in [6.07, 6.45) is 4.35. The van der Waals surface area contributed by atoms with E-state index in [2.05, 4.69) is 4.98 Å². The summed E-state index contributed by atoms with van der Waals surface area (Å²) >= 11 is 0. The van der Waals surface area contributed by atoms with E-state index in [0.29, 0.717) is 24.0 Å². The van der Waals surface area contributed by atoms with E-state index in [9.17, 15) is 22.0 Å². The van der Waals surface area contributed by atoms with Gasteiger partial charge in [0.25, 0.3) is 5.91 Å². The maximum absolute atomic E-state index is 14.2. The summed E-state index contributed by atoms with van der Waals surface area (Å²) in [5.41, 5.74) is 3.14. The van der Waals surface area contributed by atoms with Crippen LogP contribution in [0.25, 0.3) is 10.9 Å². The van der Waals surface area contributed by atoms with Crippen LogP contribution in [0.15, 0.2) is 36.7 Å². The largest absolute Gasteiger partial charge is 0.341 e. The van der Waals surface area contributed by atoms with E-state index in [0.717, 1.165) is 17.9 Å². The second-order valence-electron chi connectivity index (χ2n) is 7.41. The lowest BCUT2D eigenvalue weighted by atomic mass is 10.1. The predicted molar refractivity (Wildman–Crippen MR) is 110 cm³/mol. The van der Waals surface area contributed by atoms with Crippen molar-refractivity contribution in [3.63, 3.8) is 0 Å². The molecule has 11 heteroatoms. The highest BCUT2D eigenvalue weighted by atomic mass is 32.2. The zero-order valence-corrected chi connectivity index (χ0v) is 17.8. The number of hydroxylamine groups is 1. The maximum Gasteiger partial charge on any atom is 0.293 e. The van der Waals surface area contributed by atoms with Crippen molar-refractivity contribution in [1.82, 2.24) is 19.9 Å². The van der Waals surface area contributed by atoms with Crippen LogP contribution in [-0.2, 0) is 22.9 Å². The molecule has 8 nitrogen and oxygen atoms in total. The molecule has 1 aromatic carbocycles. The summed E-state index contributed by atoms with van der Waals surface area (Å²) in [5, 5.41) is 9.53.